The predicted octanol–water partition coefficient (Wildman–Crippen LogP) is 3.08. The highest BCUT2D eigenvalue weighted by atomic mass is 19.4. The average Bonchev–Trinajstić information content (AvgIpc) is 2.62. The number of imide groups is 1. The number of carboxylic acid groups (broad SMARTS) is 1. The number of carbonyl (C=O) groups is 3. The maximum Gasteiger partial charge on any atom is 0.420 e. The molecule has 0 aliphatic carbocycles. The van der Waals surface area contributed by atoms with Gasteiger partial charge in [-0.25, -0.2) is 9.69 Å². The van der Waals surface area contributed by atoms with E-state index in [4.69, 9.17) is 9.84 Å². The molecule has 0 atom stereocenters. The van der Waals surface area contributed by atoms with Gasteiger partial charge in [-0.15, -0.1) is 0 Å². The summed E-state index contributed by atoms with van der Waals surface area (Å²) < 4.78 is 45.4. The van der Waals surface area contributed by atoms with Gasteiger partial charge in [0.1, 0.15) is 17.9 Å². The highest BCUT2D eigenvalue weighted by Crippen LogP contribution is 2.41. The molecule has 0 aliphatic rings. The third-order valence-electron chi connectivity index (χ3n) is 3.91. The Morgan fingerprint density at radius 2 is 1.71 bits per heavy atom. The molecule has 0 saturated carbocycles. The fourth-order valence-electron chi connectivity index (χ4n) is 2.74. The SMILES string of the molecule is COc1ccc2c(C(=O)N(CC(=O)O)C(=O)N(C)C)cccc2c1C(F)(F)F. The zero-order valence-electron chi connectivity index (χ0n) is 15.2. The van der Waals surface area contributed by atoms with Crippen LogP contribution in [-0.2, 0) is 11.0 Å². The molecule has 0 aliphatic heterocycles. The van der Waals surface area contributed by atoms with Crippen molar-refractivity contribution in [3.05, 3.63) is 41.5 Å². The number of rotatable bonds is 4. The maximum atomic E-state index is 13.5. The molecule has 0 saturated heterocycles. The molecule has 3 amide bonds. The number of carbonyl (C=O) groups excluding carboxylic acids is 2. The van der Waals surface area contributed by atoms with Crippen LogP contribution in [-0.4, -0.2) is 60.6 Å². The summed E-state index contributed by atoms with van der Waals surface area (Å²) in [5, 5.41) is 8.63. The van der Waals surface area contributed by atoms with Crippen LogP contribution in [0.4, 0.5) is 18.0 Å². The molecule has 10 heteroatoms. The molecule has 2 aromatic rings. The van der Waals surface area contributed by atoms with Crippen LogP contribution in [0.3, 0.4) is 0 Å². The Morgan fingerprint density at radius 1 is 1.07 bits per heavy atom. The lowest BCUT2D eigenvalue weighted by molar-refractivity contribution is -0.138. The topological polar surface area (TPSA) is 87.1 Å². The van der Waals surface area contributed by atoms with E-state index in [9.17, 15) is 27.6 Å². The van der Waals surface area contributed by atoms with E-state index in [1.54, 1.807) is 0 Å². The molecule has 0 aromatic heterocycles. The summed E-state index contributed by atoms with van der Waals surface area (Å²) in [4.78, 5) is 37.6. The molecule has 0 fully saturated rings. The number of hydrogen-bond acceptors (Lipinski definition) is 4. The van der Waals surface area contributed by atoms with E-state index in [0.29, 0.717) is 4.90 Å². The summed E-state index contributed by atoms with van der Waals surface area (Å²) in [5.41, 5.74) is -1.30. The minimum atomic E-state index is -4.76. The summed E-state index contributed by atoms with van der Waals surface area (Å²) in [6.45, 7) is -0.936. The van der Waals surface area contributed by atoms with Crippen LogP contribution in [0, 0.1) is 0 Å². The second kappa shape index (κ2) is 7.75. The largest absolute Gasteiger partial charge is 0.496 e. The molecule has 2 rings (SSSR count). The molecule has 2 aromatic carbocycles. The standard InChI is InChI=1S/C18H17F3N2O5/c1-22(2)17(27)23(9-14(24)25)16(26)12-6-4-5-11-10(12)7-8-13(28-3)15(11)18(19,20)21/h4-8H,9H2,1-3H3,(H,24,25). The third kappa shape index (κ3) is 4.00. The fraction of sp³-hybridized carbons (Fsp3) is 0.278. The number of nitrogens with zero attached hydrogens (tertiary/aromatic N) is 2. The van der Waals surface area contributed by atoms with Crippen molar-refractivity contribution in [1.29, 1.82) is 0 Å². The molecule has 28 heavy (non-hydrogen) atoms. The third-order valence-corrected chi connectivity index (χ3v) is 3.91. The first-order valence-corrected chi connectivity index (χ1v) is 7.91. The highest BCUT2D eigenvalue weighted by Gasteiger charge is 2.37. The highest BCUT2D eigenvalue weighted by molar-refractivity contribution is 6.13. The minimum Gasteiger partial charge on any atom is -0.496 e. The molecule has 0 radical (unpaired) electrons. The first kappa shape index (κ1) is 21.0. The van der Waals surface area contributed by atoms with Gasteiger partial charge in [0.25, 0.3) is 5.91 Å². The number of halogens is 3. The Bertz CT molecular complexity index is 941. The summed E-state index contributed by atoms with van der Waals surface area (Å²) in [6, 6.07) is 5.05. The number of fused-ring (bicyclic) bond motifs is 1. The molecule has 150 valence electrons. The monoisotopic (exact) mass is 398 g/mol. The van der Waals surface area contributed by atoms with Gasteiger partial charge in [0, 0.05) is 19.7 Å². The van der Waals surface area contributed by atoms with Gasteiger partial charge in [-0.2, -0.15) is 13.2 Å². The Labute approximate surface area is 157 Å². The number of aliphatic carboxylic acids is 1. The van der Waals surface area contributed by atoms with Crippen molar-refractivity contribution in [2.24, 2.45) is 0 Å². The van der Waals surface area contributed by atoms with Gasteiger partial charge in [-0.05, 0) is 29.0 Å². The molecule has 0 bridgehead atoms. The van der Waals surface area contributed by atoms with Crippen LogP contribution in [0.5, 0.6) is 5.75 Å². The number of benzene rings is 2. The van der Waals surface area contributed by atoms with E-state index in [0.717, 1.165) is 18.1 Å². The quantitative estimate of drug-likeness (QED) is 0.855. The summed E-state index contributed by atoms with van der Waals surface area (Å²) in [5.74, 6) is -2.89. The van der Waals surface area contributed by atoms with Crippen molar-refractivity contribution in [2.75, 3.05) is 27.7 Å². The van der Waals surface area contributed by atoms with Gasteiger partial charge in [0.15, 0.2) is 0 Å². The lowest BCUT2D eigenvalue weighted by atomic mass is 9.98. The second-order valence-corrected chi connectivity index (χ2v) is 6.00. The van der Waals surface area contributed by atoms with Gasteiger partial charge >= 0.3 is 18.2 Å². The van der Waals surface area contributed by atoms with Gasteiger partial charge in [-0.3, -0.25) is 9.59 Å². The average molecular weight is 398 g/mol. The van der Waals surface area contributed by atoms with E-state index in [2.05, 4.69) is 0 Å². The van der Waals surface area contributed by atoms with Crippen LogP contribution < -0.4 is 4.74 Å². The van der Waals surface area contributed by atoms with Crippen molar-refractivity contribution in [3.8, 4) is 5.75 Å². The summed E-state index contributed by atoms with van der Waals surface area (Å²) >= 11 is 0. The van der Waals surface area contributed by atoms with Crippen LogP contribution in [0.1, 0.15) is 15.9 Å². The van der Waals surface area contributed by atoms with E-state index >= 15 is 0 Å². The molecule has 7 nitrogen and oxygen atoms in total. The summed E-state index contributed by atoms with van der Waals surface area (Å²) in [7, 11) is 3.73. The van der Waals surface area contributed by atoms with E-state index in [-0.39, 0.29) is 16.3 Å². The lowest BCUT2D eigenvalue weighted by Gasteiger charge is -2.24. The van der Waals surface area contributed by atoms with Crippen LogP contribution in [0.25, 0.3) is 10.8 Å². The van der Waals surface area contributed by atoms with Crippen molar-refractivity contribution >= 4 is 28.7 Å². The second-order valence-electron chi connectivity index (χ2n) is 6.00. The Kier molecular flexibility index (Phi) is 5.81. The lowest BCUT2D eigenvalue weighted by Crippen LogP contribution is -2.45. The van der Waals surface area contributed by atoms with E-state index < -0.39 is 41.9 Å². The molecule has 0 heterocycles. The van der Waals surface area contributed by atoms with Crippen molar-refractivity contribution in [1.82, 2.24) is 9.80 Å². The Balaban J connectivity index is 2.71. The number of carboxylic acids is 1. The van der Waals surface area contributed by atoms with Crippen molar-refractivity contribution in [3.63, 3.8) is 0 Å². The van der Waals surface area contributed by atoms with Gasteiger partial charge in [-0.1, -0.05) is 12.1 Å². The molecule has 0 unspecified atom stereocenters. The van der Waals surface area contributed by atoms with Gasteiger partial charge in [0.2, 0.25) is 0 Å². The minimum absolute atomic E-state index is 0.0810. The number of ether oxygens (including phenoxy) is 1. The van der Waals surface area contributed by atoms with E-state index in [1.165, 1.54) is 38.4 Å². The van der Waals surface area contributed by atoms with Crippen LogP contribution in [0.15, 0.2) is 30.3 Å². The van der Waals surface area contributed by atoms with E-state index in [1.807, 2.05) is 0 Å². The fourth-order valence-corrected chi connectivity index (χ4v) is 2.74. The number of methoxy groups -OCH3 is 1. The molecule has 1 N–H and O–H groups in total. The molecule has 0 spiro atoms. The first-order valence-electron chi connectivity index (χ1n) is 7.91. The number of amides is 3. The number of alkyl halides is 3. The smallest absolute Gasteiger partial charge is 0.420 e. The predicted molar refractivity (Wildman–Crippen MR) is 93.3 cm³/mol. The maximum absolute atomic E-state index is 13.5. The van der Waals surface area contributed by atoms with Crippen molar-refractivity contribution < 1.29 is 37.4 Å². The van der Waals surface area contributed by atoms with Crippen molar-refractivity contribution in [2.45, 2.75) is 6.18 Å². The van der Waals surface area contributed by atoms with Crippen LogP contribution in [0.2, 0.25) is 0 Å². The Hall–Kier alpha value is -3.30. The number of hydrogen-bond donors (Lipinski definition) is 1. The zero-order valence-corrected chi connectivity index (χ0v) is 15.2. The summed E-state index contributed by atoms with van der Waals surface area (Å²) in [6.07, 6.45) is -4.76. The molecular formula is C18H17F3N2O5. The first-order chi connectivity index (χ1) is 13.0. The number of urea groups is 1. The Morgan fingerprint density at radius 3 is 2.21 bits per heavy atom. The van der Waals surface area contributed by atoms with Gasteiger partial charge < -0.3 is 14.7 Å². The van der Waals surface area contributed by atoms with Gasteiger partial charge in [0.05, 0.1) is 7.11 Å². The molecular weight excluding hydrogens is 381 g/mol. The normalized spacial score (nSPS) is 11.2. The van der Waals surface area contributed by atoms with Crippen LogP contribution >= 0.6 is 0 Å². The zero-order chi connectivity index (χ0) is 21.2.